The van der Waals surface area contributed by atoms with Gasteiger partial charge in [0.25, 0.3) is 0 Å². The van der Waals surface area contributed by atoms with Crippen LogP contribution in [0, 0.1) is 0 Å². The number of hydrogen-bond acceptors (Lipinski definition) is 11. The number of nitrogens with two attached hydrogens (primary N) is 1. The lowest BCUT2D eigenvalue weighted by molar-refractivity contribution is -0.127. The Labute approximate surface area is 209 Å². The van der Waals surface area contributed by atoms with Crippen LogP contribution in [0.2, 0.25) is 0 Å². The summed E-state index contributed by atoms with van der Waals surface area (Å²) in [6, 6.07) is 0. The molecular weight excluding hydrogens is 484 g/mol. The Morgan fingerprint density at radius 1 is 0.611 bits per heavy atom. The number of carbonyl (C=O) groups is 5. The predicted octanol–water partition coefficient (Wildman–Crippen LogP) is -2.49. The van der Waals surface area contributed by atoms with Crippen molar-refractivity contribution in [1.29, 1.82) is 0 Å². The standard InChI is InChI=1S/C20H38N6O10/c1-20(2,3)36-18(30)25-14-17(29)24-13-16(28)23-12-15(27)22-4-5-32-6-7-33-8-9-34-10-11-35-19(31)26-21/h4-14,21H2,1-3H3,(H,22,27)(H,23,28)(H,24,29)(H,25,30)(H,26,31). The minimum atomic E-state index is -0.750. The van der Waals surface area contributed by atoms with Gasteiger partial charge in [0.15, 0.2) is 0 Å². The number of amides is 5. The normalized spacial score (nSPS) is 10.7. The summed E-state index contributed by atoms with van der Waals surface area (Å²) in [6.45, 7) is 6.17. The second kappa shape index (κ2) is 20.0. The van der Waals surface area contributed by atoms with E-state index in [1.807, 2.05) is 5.43 Å². The zero-order valence-electron chi connectivity index (χ0n) is 20.9. The Morgan fingerprint density at radius 3 is 1.56 bits per heavy atom. The quantitative estimate of drug-likeness (QED) is 0.0479. The Balaban J connectivity index is 3.55. The van der Waals surface area contributed by atoms with Gasteiger partial charge < -0.3 is 45.0 Å². The van der Waals surface area contributed by atoms with Crippen LogP contribution in [-0.2, 0) is 38.1 Å². The zero-order chi connectivity index (χ0) is 27.2. The van der Waals surface area contributed by atoms with Crippen LogP contribution in [0.3, 0.4) is 0 Å². The third kappa shape index (κ3) is 22.6. The SMILES string of the molecule is CC(C)(C)OC(=O)NCC(=O)NCC(=O)NCC(=O)NCCOCCOCCOCCOC(=O)NN. The van der Waals surface area contributed by atoms with E-state index in [2.05, 4.69) is 26.0 Å². The molecule has 0 bridgehead atoms. The monoisotopic (exact) mass is 522 g/mol. The van der Waals surface area contributed by atoms with Crippen molar-refractivity contribution < 1.29 is 47.7 Å². The van der Waals surface area contributed by atoms with E-state index in [0.29, 0.717) is 26.4 Å². The Morgan fingerprint density at radius 2 is 1.06 bits per heavy atom. The maximum Gasteiger partial charge on any atom is 0.421 e. The first-order chi connectivity index (χ1) is 17.0. The highest BCUT2D eigenvalue weighted by molar-refractivity contribution is 5.89. The Bertz CT molecular complexity index is 686. The van der Waals surface area contributed by atoms with Gasteiger partial charge in [0.05, 0.1) is 52.7 Å². The highest BCUT2D eigenvalue weighted by Gasteiger charge is 2.16. The summed E-state index contributed by atoms with van der Waals surface area (Å²) < 4.78 is 25.3. The van der Waals surface area contributed by atoms with Crippen molar-refractivity contribution >= 4 is 29.9 Å². The number of hydrazine groups is 1. The fourth-order valence-electron chi connectivity index (χ4n) is 2.05. The summed E-state index contributed by atoms with van der Waals surface area (Å²) in [4.78, 5) is 57.2. The number of alkyl carbamates (subject to hydrolysis) is 1. The van der Waals surface area contributed by atoms with E-state index in [-0.39, 0.29) is 46.0 Å². The van der Waals surface area contributed by atoms with Crippen molar-refractivity contribution in [3.63, 3.8) is 0 Å². The van der Waals surface area contributed by atoms with Gasteiger partial charge in [-0.2, -0.15) is 0 Å². The number of rotatable bonds is 18. The summed E-state index contributed by atoms with van der Waals surface area (Å²) in [5.74, 6) is 3.26. The maximum absolute atomic E-state index is 11.7. The van der Waals surface area contributed by atoms with Gasteiger partial charge in [-0.05, 0) is 20.8 Å². The number of nitrogens with one attached hydrogen (secondary N) is 5. The van der Waals surface area contributed by atoms with Crippen LogP contribution in [0.5, 0.6) is 0 Å². The molecule has 0 aliphatic heterocycles. The highest BCUT2D eigenvalue weighted by atomic mass is 16.6. The van der Waals surface area contributed by atoms with E-state index in [1.54, 1.807) is 20.8 Å². The molecule has 16 nitrogen and oxygen atoms in total. The summed E-state index contributed by atoms with van der Waals surface area (Å²) in [7, 11) is 0. The van der Waals surface area contributed by atoms with E-state index in [1.165, 1.54) is 0 Å². The number of carbonyl (C=O) groups excluding carboxylic acids is 5. The molecular formula is C20H38N6O10. The van der Waals surface area contributed by atoms with Crippen LogP contribution in [0.15, 0.2) is 0 Å². The zero-order valence-corrected chi connectivity index (χ0v) is 20.9. The van der Waals surface area contributed by atoms with Crippen LogP contribution < -0.4 is 32.5 Å². The van der Waals surface area contributed by atoms with Crippen molar-refractivity contribution in [2.45, 2.75) is 26.4 Å². The average molecular weight is 523 g/mol. The minimum absolute atomic E-state index is 0.0766. The highest BCUT2D eigenvalue weighted by Crippen LogP contribution is 2.05. The molecule has 16 heteroatoms. The fourth-order valence-corrected chi connectivity index (χ4v) is 2.05. The molecule has 0 radical (unpaired) electrons. The van der Waals surface area contributed by atoms with E-state index in [4.69, 9.17) is 24.8 Å². The molecule has 0 spiro atoms. The van der Waals surface area contributed by atoms with Crippen molar-refractivity contribution in [1.82, 2.24) is 26.7 Å². The van der Waals surface area contributed by atoms with E-state index in [0.717, 1.165) is 0 Å². The largest absolute Gasteiger partial charge is 0.446 e. The second-order valence-electron chi connectivity index (χ2n) is 7.88. The molecule has 5 amide bonds. The third-order valence-electron chi connectivity index (χ3n) is 3.58. The fraction of sp³-hybridized carbons (Fsp3) is 0.750. The smallest absolute Gasteiger partial charge is 0.421 e. The van der Waals surface area contributed by atoms with Gasteiger partial charge in [-0.1, -0.05) is 0 Å². The Hall–Kier alpha value is -3.21. The van der Waals surface area contributed by atoms with Gasteiger partial charge in [0, 0.05) is 6.54 Å². The van der Waals surface area contributed by atoms with E-state index in [9.17, 15) is 24.0 Å². The van der Waals surface area contributed by atoms with Crippen molar-refractivity contribution in [3.8, 4) is 0 Å². The molecule has 36 heavy (non-hydrogen) atoms. The summed E-state index contributed by atoms with van der Waals surface area (Å²) >= 11 is 0. The summed E-state index contributed by atoms with van der Waals surface area (Å²) in [5.41, 5.74) is 1.13. The first kappa shape index (κ1) is 32.8. The molecule has 208 valence electrons. The molecule has 0 aliphatic carbocycles. The van der Waals surface area contributed by atoms with Crippen molar-refractivity contribution in [3.05, 3.63) is 0 Å². The summed E-state index contributed by atoms with van der Waals surface area (Å²) in [6.07, 6.45) is -1.49. The topological polar surface area (TPSA) is 218 Å². The van der Waals surface area contributed by atoms with Crippen LogP contribution in [-0.4, -0.2) is 108 Å². The second-order valence-corrected chi connectivity index (χ2v) is 7.88. The lowest BCUT2D eigenvalue weighted by Crippen LogP contribution is -2.45. The molecule has 0 aromatic rings. The lowest BCUT2D eigenvalue weighted by atomic mass is 10.2. The first-order valence-electron chi connectivity index (χ1n) is 11.2. The average Bonchev–Trinajstić information content (AvgIpc) is 2.81. The van der Waals surface area contributed by atoms with Gasteiger partial charge >= 0.3 is 12.2 Å². The van der Waals surface area contributed by atoms with Gasteiger partial charge in [0.1, 0.15) is 18.8 Å². The van der Waals surface area contributed by atoms with Crippen LogP contribution in [0.4, 0.5) is 9.59 Å². The minimum Gasteiger partial charge on any atom is -0.446 e. The predicted molar refractivity (Wildman–Crippen MR) is 124 cm³/mol. The summed E-state index contributed by atoms with van der Waals surface area (Å²) in [5, 5.41) is 9.48. The van der Waals surface area contributed by atoms with Crippen LogP contribution in [0.25, 0.3) is 0 Å². The van der Waals surface area contributed by atoms with Crippen molar-refractivity contribution in [2.75, 3.05) is 72.4 Å². The molecule has 0 aromatic heterocycles. The first-order valence-corrected chi connectivity index (χ1v) is 11.2. The number of hydrogen-bond donors (Lipinski definition) is 6. The van der Waals surface area contributed by atoms with Crippen LogP contribution in [0.1, 0.15) is 20.8 Å². The third-order valence-corrected chi connectivity index (χ3v) is 3.58. The molecule has 0 aromatic carbocycles. The van der Waals surface area contributed by atoms with Crippen LogP contribution >= 0.6 is 0 Å². The molecule has 0 atom stereocenters. The molecule has 0 aliphatic rings. The van der Waals surface area contributed by atoms with Gasteiger partial charge in [-0.25, -0.2) is 15.4 Å². The Kier molecular flexibility index (Phi) is 18.2. The lowest BCUT2D eigenvalue weighted by Gasteiger charge is -2.19. The van der Waals surface area contributed by atoms with Gasteiger partial charge in [-0.15, -0.1) is 0 Å². The molecule has 0 fully saturated rings. The van der Waals surface area contributed by atoms with Gasteiger partial charge in [0.2, 0.25) is 17.7 Å². The molecule has 0 heterocycles. The molecule has 7 N–H and O–H groups in total. The number of ether oxygens (including phenoxy) is 5. The molecule has 0 rings (SSSR count). The maximum atomic E-state index is 11.7. The van der Waals surface area contributed by atoms with Gasteiger partial charge in [-0.3, -0.25) is 19.8 Å². The van der Waals surface area contributed by atoms with E-state index >= 15 is 0 Å². The van der Waals surface area contributed by atoms with E-state index < -0.39 is 35.5 Å². The molecule has 0 saturated heterocycles. The van der Waals surface area contributed by atoms with Crippen molar-refractivity contribution in [2.24, 2.45) is 5.84 Å². The molecule has 0 unspecified atom stereocenters. The molecule has 0 saturated carbocycles.